The Bertz CT molecular complexity index is 963. The molecule has 2 fully saturated rings. The minimum absolute atomic E-state index is 0.0793. The van der Waals surface area contributed by atoms with Crippen LogP contribution in [0.1, 0.15) is 58.4 Å². The molecule has 0 N–H and O–H groups in total. The Balaban J connectivity index is 1.38. The van der Waals surface area contributed by atoms with Crippen LogP contribution < -0.4 is 14.5 Å². The fourth-order valence-corrected chi connectivity index (χ4v) is 4.85. The van der Waals surface area contributed by atoms with Crippen molar-refractivity contribution >= 4 is 29.2 Å². The zero-order valence-corrected chi connectivity index (χ0v) is 20.2. The molecule has 2 aromatic rings. The first-order valence-corrected chi connectivity index (χ1v) is 11.9. The average Bonchev–Trinajstić information content (AvgIpc) is 3.34. The van der Waals surface area contributed by atoms with Gasteiger partial charge >= 0.3 is 0 Å². The van der Waals surface area contributed by atoms with E-state index in [1.165, 1.54) is 0 Å². The van der Waals surface area contributed by atoms with Gasteiger partial charge in [-0.3, -0.25) is 0 Å². The van der Waals surface area contributed by atoms with Crippen LogP contribution in [0.5, 0.6) is 5.75 Å². The Morgan fingerprint density at radius 3 is 2.66 bits per heavy atom. The van der Waals surface area contributed by atoms with Gasteiger partial charge in [0.2, 0.25) is 5.95 Å². The molecule has 0 radical (unpaired) electrons. The van der Waals surface area contributed by atoms with Crippen molar-refractivity contribution in [2.45, 2.75) is 59.0 Å². The maximum Gasteiger partial charge on any atom is 0.227 e. The number of halogens is 1. The molecule has 3 heterocycles. The molecular weight excluding hydrogens is 424 g/mol. The van der Waals surface area contributed by atoms with Gasteiger partial charge in [-0.15, -0.1) is 0 Å². The van der Waals surface area contributed by atoms with Crippen molar-refractivity contribution in [3.05, 3.63) is 41.0 Å². The van der Waals surface area contributed by atoms with Gasteiger partial charge in [-0.2, -0.15) is 4.98 Å². The van der Waals surface area contributed by atoms with Crippen LogP contribution in [0.3, 0.4) is 0 Å². The van der Waals surface area contributed by atoms with Gasteiger partial charge in [0.05, 0.1) is 12.7 Å². The number of ether oxygens (including phenoxy) is 1. The second-order valence-corrected chi connectivity index (χ2v) is 10.4. The topological polar surface area (TPSA) is 58.6 Å². The highest BCUT2D eigenvalue weighted by atomic mass is 35.5. The van der Waals surface area contributed by atoms with Gasteiger partial charge < -0.3 is 19.3 Å². The first-order chi connectivity index (χ1) is 15.2. The van der Waals surface area contributed by atoms with Crippen molar-refractivity contribution in [2.24, 2.45) is 5.41 Å². The normalized spacial score (nSPS) is 21.1. The van der Waals surface area contributed by atoms with Crippen LogP contribution in [0.15, 0.2) is 30.5 Å². The van der Waals surface area contributed by atoms with Crippen LogP contribution in [0, 0.1) is 5.41 Å². The molecule has 2 atom stereocenters. The molecule has 7 heteroatoms. The summed E-state index contributed by atoms with van der Waals surface area (Å²) in [6.45, 7) is 11.8. The van der Waals surface area contributed by atoms with Gasteiger partial charge in [0.25, 0.3) is 0 Å². The van der Waals surface area contributed by atoms with Crippen molar-refractivity contribution < 1.29 is 9.53 Å². The van der Waals surface area contributed by atoms with E-state index in [0.717, 1.165) is 62.1 Å². The molecule has 6 nitrogen and oxygen atoms in total. The number of nitrogens with zero attached hydrogens (tertiary/aromatic N) is 4. The molecule has 0 amide bonds. The zero-order chi connectivity index (χ0) is 22.9. The summed E-state index contributed by atoms with van der Waals surface area (Å²) >= 11 is 6.48. The maximum absolute atomic E-state index is 11.4. The van der Waals surface area contributed by atoms with Crippen LogP contribution in [0.25, 0.3) is 0 Å². The molecule has 1 aromatic carbocycles. The van der Waals surface area contributed by atoms with Crippen molar-refractivity contribution in [1.82, 2.24) is 9.97 Å². The first kappa shape index (κ1) is 22.8. The standard InChI is InChI=1S/C25H33ClN4O2/c1-17(13-18(2)31)19-5-7-20(8-6-19)32-21-9-11-29(15-21)23-22(26)14-27-24(28-23)30-12-10-25(3,4)16-30/h5-8,14,17,21H,9-13,15-16H2,1-4H3/t17-,21-/m1/s1. The van der Waals surface area contributed by atoms with E-state index in [-0.39, 0.29) is 23.2 Å². The lowest BCUT2D eigenvalue weighted by Crippen LogP contribution is -2.28. The molecule has 0 saturated carbocycles. The summed E-state index contributed by atoms with van der Waals surface area (Å²) < 4.78 is 6.23. The van der Waals surface area contributed by atoms with Crippen LogP contribution >= 0.6 is 11.6 Å². The van der Waals surface area contributed by atoms with Gasteiger partial charge in [-0.1, -0.05) is 44.5 Å². The molecule has 0 bridgehead atoms. The number of rotatable bonds is 7. The van der Waals surface area contributed by atoms with E-state index in [2.05, 4.69) is 47.7 Å². The van der Waals surface area contributed by atoms with E-state index >= 15 is 0 Å². The number of aromatic nitrogens is 2. The van der Waals surface area contributed by atoms with Crippen molar-refractivity contribution in [2.75, 3.05) is 36.0 Å². The minimum Gasteiger partial charge on any atom is -0.489 e. The van der Waals surface area contributed by atoms with Gasteiger partial charge in [-0.05, 0) is 42.4 Å². The summed E-state index contributed by atoms with van der Waals surface area (Å²) in [6.07, 6.45) is 4.42. The Kier molecular flexibility index (Phi) is 6.61. The lowest BCUT2D eigenvalue weighted by molar-refractivity contribution is -0.117. The van der Waals surface area contributed by atoms with E-state index in [1.807, 2.05) is 12.1 Å². The van der Waals surface area contributed by atoms with E-state index in [0.29, 0.717) is 11.4 Å². The smallest absolute Gasteiger partial charge is 0.227 e. The van der Waals surface area contributed by atoms with E-state index in [4.69, 9.17) is 21.3 Å². The summed E-state index contributed by atoms with van der Waals surface area (Å²) in [7, 11) is 0. The number of Topliss-reactive ketones (excluding diaryl/α,β-unsaturated/α-hetero) is 1. The first-order valence-electron chi connectivity index (χ1n) is 11.5. The number of carbonyl (C=O) groups is 1. The summed E-state index contributed by atoms with van der Waals surface area (Å²) in [5.74, 6) is 2.84. The number of benzene rings is 1. The summed E-state index contributed by atoms with van der Waals surface area (Å²) in [6, 6.07) is 8.11. The molecule has 0 aliphatic carbocycles. The Morgan fingerprint density at radius 2 is 2.00 bits per heavy atom. The summed E-state index contributed by atoms with van der Waals surface area (Å²) in [5.41, 5.74) is 1.45. The molecule has 32 heavy (non-hydrogen) atoms. The zero-order valence-electron chi connectivity index (χ0n) is 19.5. The van der Waals surface area contributed by atoms with Gasteiger partial charge in [0.1, 0.15) is 22.7 Å². The lowest BCUT2D eigenvalue weighted by atomic mass is 9.93. The molecule has 4 rings (SSSR count). The van der Waals surface area contributed by atoms with Crippen molar-refractivity contribution in [1.29, 1.82) is 0 Å². The second kappa shape index (κ2) is 9.26. The summed E-state index contributed by atoms with van der Waals surface area (Å²) in [5, 5.41) is 0.580. The van der Waals surface area contributed by atoms with Crippen LogP contribution in [-0.2, 0) is 4.79 Å². The van der Waals surface area contributed by atoms with Gasteiger partial charge in [0.15, 0.2) is 5.82 Å². The van der Waals surface area contributed by atoms with E-state index in [1.54, 1.807) is 13.1 Å². The number of carbonyl (C=O) groups excluding carboxylic acids is 1. The molecular formula is C25H33ClN4O2. The molecule has 2 saturated heterocycles. The third kappa shape index (κ3) is 5.34. The fourth-order valence-electron chi connectivity index (χ4n) is 4.64. The van der Waals surface area contributed by atoms with Crippen molar-refractivity contribution in [3.63, 3.8) is 0 Å². The highest BCUT2D eigenvalue weighted by Gasteiger charge is 2.32. The maximum atomic E-state index is 11.4. The SMILES string of the molecule is CC(=O)C[C@@H](C)c1ccc(O[C@@H]2CCN(c3nc(N4CCC(C)(C)C4)ncc3Cl)C2)cc1. The monoisotopic (exact) mass is 456 g/mol. The average molecular weight is 457 g/mol. The number of ketones is 1. The third-order valence-electron chi connectivity index (χ3n) is 6.46. The quantitative estimate of drug-likeness (QED) is 0.577. The Labute approximate surface area is 195 Å². The predicted octanol–water partition coefficient (Wildman–Crippen LogP) is 5.11. The van der Waals surface area contributed by atoms with Crippen molar-refractivity contribution in [3.8, 4) is 5.75 Å². The highest BCUT2D eigenvalue weighted by molar-refractivity contribution is 6.32. The molecule has 1 aromatic heterocycles. The van der Waals surface area contributed by atoms with Crippen LogP contribution in [-0.4, -0.2) is 48.0 Å². The third-order valence-corrected chi connectivity index (χ3v) is 6.73. The Hall–Kier alpha value is -2.34. The minimum atomic E-state index is 0.0793. The van der Waals surface area contributed by atoms with Gasteiger partial charge in [-0.25, -0.2) is 4.98 Å². The predicted molar refractivity (Wildman–Crippen MR) is 129 cm³/mol. The van der Waals surface area contributed by atoms with E-state index < -0.39 is 0 Å². The molecule has 2 aliphatic rings. The van der Waals surface area contributed by atoms with E-state index in [9.17, 15) is 4.79 Å². The lowest BCUT2D eigenvalue weighted by Gasteiger charge is -2.23. The molecule has 0 unspecified atom stereocenters. The van der Waals surface area contributed by atoms with Crippen LogP contribution in [0.4, 0.5) is 11.8 Å². The number of hydrogen-bond acceptors (Lipinski definition) is 6. The van der Waals surface area contributed by atoms with Crippen LogP contribution in [0.2, 0.25) is 5.02 Å². The van der Waals surface area contributed by atoms with Gasteiger partial charge in [0, 0.05) is 32.5 Å². The fraction of sp³-hybridized carbons (Fsp3) is 0.560. The Morgan fingerprint density at radius 1 is 1.25 bits per heavy atom. The molecule has 0 spiro atoms. The molecule has 2 aliphatic heterocycles. The summed E-state index contributed by atoms with van der Waals surface area (Å²) in [4.78, 5) is 25.1. The molecule has 172 valence electrons. The highest BCUT2D eigenvalue weighted by Crippen LogP contribution is 2.34. The second-order valence-electron chi connectivity index (χ2n) is 10.0. The number of anilines is 2. The largest absolute Gasteiger partial charge is 0.489 e. The number of hydrogen-bond donors (Lipinski definition) is 0.